The van der Waals surface area contributed by atoms with Crippen LogP contribution in [0.3, 0.4) is 0 Å². The lowest BCUT2D eigenvalue weighted by atomic mass is 10.0. The summed E-state index contributed by atoms with van der Waals surface area (Å²) in [6, 6.07) is 18.5. The van der Waals surface area contributed by atoms with Gasteiger partial charge in [0.05, 0.1) is 6.42 Å². The molecule has 1 aliphatic rings. The van der Waals surface area contributed by atoms with Crippen molar-refractivity contribution in [2.75, 3.05) is 13.1 Å². The maximum atomic E-state index is 11.1. The molecule has 132 valence electrons. The number of hydrogen-bond donors (Lipinski definition) is 1. The number of nitrogens with zero attached hydrogens (tertiary/aromatic N) is 1. The van der Waals surface area contributed by atoms with Crippen molar-refractivity contribution >= 4 is 5.97 Å². The van der Waals surface area contributed by atoms with Crippen molar-refractivity contribution in [3.8, 4) is 5.75 Å². The zero-order valence-corrected chi connectivity index (χ0v) is 14.6. The first-order valence-corrected chi connectivity index (χ1v) is 8.91. The second kappa shape index (κ2) is 8.17. The molecule has 0 aromatic heterocycles. The van der Waals surface area contributed by atoms with Gasteiger partial charge in [-0.2, -0.15) is 0 Å². The quantitative estimate of drug-likeness (QED) is 0.834. The van der Waals surface area contributed by atoms with Crippen molar-refractivity contribution in [1.82, 2.24) is 4.90 Å². The molecule has 0 amide bonds. The zero-order valence-electron chi connectivity index (χ0n) is 14.6. The highest BCUT2D eigenvalue weighted by Crippen LogP contribution is 2.29. The lowest BCUT2D eigenvalue weighted by molar-refractivity contribution is -0.139. The first kappa shape index (κ1) is 17.5. The van der Waals surface area contributed by atoms with Crippen LogP contribution in [0.2, 0.25) is 0 Å². The van der Waals surface area contributed by atoms with Gasteiger partial charge in [0.1, 0.15) is 5.75 Å². The Morgan fingerprint density at radius 2 is 1.80 bits per heavy atom. The molecule has 1 heterocycles. The summed E-state index contributed by atoms with van der Waals surface area (Å²) < 4.78 is 6.16. The topological polar surface area (TPSA) is 49.8 Å². The molecule has 3 rings (SSSR count). The van der Waals surface area contributed by atoms with Crippen LogP contribution in [0, 0.1) is 5.92 Å². The van der Waals surface area contributed by atoms with Gasteiger partial charge in [-0.05, 0) is 42.6 Å². The van der Waals surface area contributed by atoms with Crippen LogP contribution in [-0.2, 0) is 11.2 Å². The highest BCUT2D eigenvalue weighted by molar-refractivity contribution is 5.67. The minimum Gasteiger partial charge on any atom is -0.481 e. The molecule has 2 aromatic rings. The van der Waals surface area contributed by atoms with E-state index in [4.69, 9.17) is 9.84 Å². The number of benzene rings is 2. The van der Waals surface area contributed by atoms with E-state index in [1.54, 1.807) is 0 Å². The Bertz CT molecular complexity index is 684. The number of carboxylic acids is 1. The van der Waals surface area contributed by atoms with Gasteiger partial charge in [0.2, 0.25) is 0 Å². The van der Waals surface area contributed by atoms with Crippen LogP contribution in [0.1, 0.15) is 30.9 Å². The summed E-state index contributed by atoms with van der Waals surface area (Å²) in [5.74, 6) is 0.0914. The largest absolute Gasteiger partial charge is 0.481 e. The number of carboxylic acid groups (broad SMARTS) is 1. The summed E-state index contributed by atoms with van der Waals surface area (Å²) in [5.41, 5.74) is 2.52. The maximum absolute atomic E-state index is 11.1. The lowest BCUT2D eigenvalue weighted by Crippen LogP contribution is -2.38. The number of rotatable bonds is 7. The third-order valence-corrected chi connectivity index (χ3v) is 4.82. The fourth-order valence-corrected chi connectivity index (χ4v) is 3.49. The van der Waals surface area contributed by atoms with E-state index in [0.717, 1.165) is 31.7 Å². The molecule has 0 radical (unpaired) electrons. The number of aliphatic carboxylic acids is 1. The lowest BCUT2D eigenvalue weighted by Gasteiger charge is -2.27. The van der Waals surface area contributed by atoms with E-state index in [0.29, 0.717) is 0 Å². The van der Waals surface area contributed by atoms with Gasteiger partial charge in [0, 0.05) is 12.5 Å². The second-order valence-electron chi connectivity index (χ2n) is 6.59. The van der Waals surface area contributed by atoms with Crippen molar-refractivity contribution in [3.05, 3.63) is 65.7 Å². The minimum atomic E-state index is -0.755. The van der Waals surface area contributed by atoms with E-state index in [2.05, 4.69) is 48.2 Å². The van der Waals surface area contributed by atoms with Gasteiger partial charge in [-0.15, -0.1) is 0 Å². The van der Waals surface area contributed by atoms with Crippen molar-refractivity contribution < 1.29 is 14.6 Å². The van der Waals surface area contributed by atoms with E-state index in [9.17, 15) is 4.79 Å². The summed E-state index contributed by atoms with van der Waals surface area (Å²) in [4.78, 5) is 13.3. The molecule has 1 fully saturated rings. The van der Waals surface area contributed by atoms with Crippen molar-refractivity contribution in [1.29, 1.82) is 0 Å². The van der Waals surface area contributed by atoms with Crippen LogP contribution < -0.4 is 4.74 Å². The molecule has 25 heavy (non-hydrogen) atoms. The van der Waals surface area contributed by atoms with Crippen molar-refractivity contribution in [2.24, 2.45) is 5.92 Å². The Morgan fingerprint density at radius 1 is 1.12 bits per heavy atom. The summed E-state index contributed by atoms with van der Waals surface area (Å²) in [7, 11) is 0. The Morgan fingerprint density at radius 3 is 2.44 bits per heavy atom. The first-order chi connectivity index (χ1) is 12.2. The van der Waals surface area contributed by atoms with Crippen molar-refractivity contribution in [2.45, 2.75) is 32.4 Å². The van der Waals surface area contributed by atoms with Gasteiger partial charge in [0.15, 0.2) is 6.23 Å². The molecule has 1 aliphatic heterocycles. The molecular weight excluding hydrogens is 314 g/mol. The van der Waals surface area contributed by atoms with Gasteiger partial charge in [-0.3, -0.25) is 9.69 Å². The predicted octanol–water partition coefficient (Wildman–Crippen LogP) is 3.80. The number of carbonyl (C=O) groups is 1. The van der Waals surface area contributed by atoms with Gasteiger partial charge >= 0.3 is 5.97 Å². The minimum absolute atomic E-state index is 0.0430. The molecule has 2 unspecified atom stereocenters. The molecule has 0 spiro atoms. The molecule has 1 N–H and O–H groups in total. The monoisotopic (exact) mass is 339 g/mol. The molecule has 0 bridgehead atoms. The van der Waals surface area contributed by atoms with Crippen LogP contribution >= 0.6 is 0 Å². The number of likely N-dealkylation sites (tertiary alicyclic amines) is 1. The highest BCUT2D eigenvalue weighted by Gasteiger charge is 2.36. The van der Waals surface area contributed by atoms with E-state index in [1.165, 1.54) is 11.1 Å². The maximum Gasteiger partial charge on any atom is 0.303 e. The number of hydrogen-bond acceptors (Lipinski definition) is 3. The summed E-state index contributed by atoms with van der Waals surface area (Å²) in [6.07, 6.45) is 1.78. The van der Waals surface area contributed by atoms with Crippen LogP contribution in [-0.4, -0.2) is 35.3 Å². The van der Waals surface area contributed by atoms with Crippen LogP contribution in [0.15, 0.2) is 54.6 Å². The predicted molar refractivity (Wildman–Crippen MR) is 97.7 cm³/mol. The van der Waals surface area contributed by atoms with Crippen LogP contribution in [0.25, 0.3) is 0 Å². The van der Waals surface area contributed by atoms with Gasteiger partial charge in [-0.1, -0.05) is 49.4 Å². The highest BCUT2D eigenvalue weighted by atomic mass is 16.5. The van der Waals surface area contributed by atoms with E-state index in [-0.39, 0.29) is 18.6 Å². The second-order valence-corrected chi connectivity index (χ2v) is 6.59. The smallest absolute Gasteiger partial charge is 0.303 e. The SMILES string of the molecule is CCN1CCC(CC(=O)O)C1Oc1ccc(Cc2ccccc2)cc1. The van der Waals surface area contributed by atoms with E-state index >= 15 is 0 Å². The molecule has 4 heteroatoms. The molecule has 2 aromatic carbocycles. The Labute approximate surface area is 149 Å². The van der Waals surface area contributed by atoms with Crippen molar-refractivity contribution in [3.63, 3.8) is 0 Å². The van der Waals surface area contributed by atoms with E-state index in [1.807, 2.05) is 18.2 Å². The molecule has 4 nitrogen and oxygen atoms in total. The third kappa shape index (κ3) is 4.60. The first-order valence-electron chi connectivity index (χ1n) is 8.91. The summed E-state index contributed by atoms with van der Waals surface area (Å²) in [5, 5.41) is 9.12. The fraction of sp³-hybridized carbons (Fsp3) is 0.381. The summed E-state index contributed by atoms with van der Waals surface area (Å²) in [6.45, 7) is 3.85. The van der Waals surface area contributed by atoms with Gasteiger partial charge in [0.25, 0.3) is 0 Å². The summed E-state index contributed by atoms with van der Waals surface area (Å²) >= 11 is 0. The van der Waals surface area contributed by atoms with Crippen LogP contribution in [0.5, 0.6) is 5.75 Å². The van der Waals surface area contributed by atoms with Crippen LogP contribution in [0.4, 0.5) is 0 Å². The van der Waals surface area contributed by atoms with E-state index < -0.39 is 5.97 Å². The Kier molecular flexibility index (Phi) is 5.71. The fourth-order valence-electron chi connectivity index (χ4n) is 3.49. The average molecular weight is 339 g/mol. The zero-order chi connectivity index (χ0) is 17.6. The van der Waals surface area contributed by atoms with Gasteiger partial charge in [-0.25, -0.2) is 0 Å². The molecule has 0 saturated carbocycles. The average Bonchev–Trinajstić information content (AvgIpc) is 2.98. The normalized spacial score (nSPS) is 20.5. The molecular formula is C21H25NO3. The number of ether oxygens (including phenoxy) is 1. The Balaban J connectivity index is 1.66. The van der Waals surface area contributed by atoms with Gasteiger partial charge < -0.3 is 9.84 Å². The standard InChI is InChI=1S/C21H25NO3/c1-2-22-13-12-18(15-20(23)24)21(22)25-19-10-8-17(9-11-19)14-16-6-4-3-5-7-16/h3-11,18,21H,2,12-15H2,1H3,(H,23,24). The molecule has 1 saturated heterocycles. The molecule has 0 aliphatic carbocycles. The molecule has 2 atom stereocenters. The third-order valence-electron chi connectivity index (χ3n) is 4.82. The Hall–Kier alpha value is -2.33.